The largest absolute Gasteiger partial charge is 0.497 e. The van der Waals surface area contributed by atoms with Crippen molar-refractivity contribution in [2.24, 2.45) is 0 Å². The lowest BCUT2D eigenvalue weighted by atomic mass is 10.2. The fourth-order valence-electron chi connectivity index (χ4n) is 2.33. The minimum Gasteiger partial charge on any atom is -0.497 e. The second-order valence-electron chi connectivity index (χ2n) is 5.71. The van der Waals surface area contributed by atoms with Gasteiger partial charge in [-0.1, -0.05) is 35.9 Å². The molecule has 1 fully saturated rings. The van der Waals surface area contributed by atoms with Gasteiger partial charge in [-0.2, -0.15) is 0 Å². The molecule has 0 unspecified atom stereocenters. The smallest absolute Gasteiger partial charge is 0.118 e. The molecule has 24 heavy (non-hydrogen) atoms. The molecule has 0 aromatic heterocycles. The second-order valence-corrected chi connectivity index (χ2v) is 6.15. The van der Waals surface area contributed by atoms with E-state index < -0.39 is 0 Å². The molecule has 1 aliphatic heterocycles. The zero-order chi connectivity index (χ0) is 16.8. The van der Waals surface area contributed by atoms with Crippen LogP contribution in [0, 0.1) is 0 Å². The molecule has 1 heterocycles. The van der Waals surface area contributed by atoms with Gasteiger partial charge in [-0.15, -0.1) is 0 Å². The Balaban J connectivity index is 1.44. The molecule has 0 bridgehead atoms. The summed E-state index contributed by atoms with van der Waals surface area (Å²) < 4.78 is 22.3. The molecule has 0 spiro atoms. The number of ether oxygens (including phenoxy) is 4. The highest BCUT2D eigenvalue weighted by Gasteiger charge is 2.33. The Morgan fingerprint density at radius 2 is 1.67 bits per heavy atom. The third-order valence-electron chi connectivity index (χ3n) is 3.86. The molecule has 4 nitrogen and oxygen atoms in total. The molecule has 2 atom stereocenters. The first-order valence-electron chi connectivity index (χ1n) is 7.93. The van der Waals surface area contributed by atoms with Crippen LogP contribution in [0.2, 0.25) is 5.02 Å². The third kappa shape index (κ3) is 5.21. The quantitative estimate of drug-likeness (QED) is 0.645. The van der Waals surface area contributed by atoms with Gasteiger partial charge in [0.25, 0.3) is 0 Å². The van der Waals surface area contributed by atoms with Crippen molar-refractivity contribution in [3.63, 3.8) is 0 Å². The fraction of sp³-hybridized carbons (Fsp3) is 0.368. The van der Waals surface area contributed by atoms with Crippen molar-refractivity contribution in [3.8, 4) is 5.75 Å². The Morgan fingerprint density at radius 1 is 1.04 bits per heavy atom. The van der Waals surface area contributed by atoms with E-state index >= 15 is 0 Å². The van der Waals surface area contributed by atoms with Crippen molar-refractivity contribution < 1.29 is 18.9 Å². The average molecular weight is 349 g/mol. The van der Waals surface area contributed by atoms with Crippen molar-refractivity contribution in [2.45, 2.75) is 25.4 Å². The average Bonchev–Trinajstić information content (AvgIpc) is 3.45. The molecular weight excluding hydrogens is 328 g/mol. The molecule has 0 aliphatic carbocycles. The number of rotatable bonds is 9. The number of hydrogen-bond acceptors (Lipinski definition) is 4. The predicted molar refractivity (Wildman–Crippen MR) is 92.4 cm³/mol. The van der Waals surface area contributed by atoms with Crippen LogP contribution < -0.4 is 4.74 Å². The maximum atomic E-state index is 5.95. The van der Waals surface area contributed by atoms with Crippen LogP contribution in [0.1, 0.15) is 11.1 Å². The number of halogens is 1. The minimum atomic E-state index is -0.0565. The Bertz CT molecular complexity index is 623. The van der Waals surface area contributed by atoms with Gasteiger partial charge < -0.3 is 18.9 Å². The normalized spacial score (nSPS) is 17.5. The van der Waals surface area contributed by atoms with Gasteiger partial charge >= 0.3 is 0 Å². The van der Waals surface area contributed by atoms with Gasteiger partial charge in [0.2, 0.25) is 0 Å². The molecule has 0 N–H and O–H groups in total. The van der Waals surface area contributed by atoms with E-state index in [1.165, 1.54) is 0 Å². The molecule has 128 valence electrons. The molecule has 1 saturated heterocycles. The highest BCUT2D eigenvalue weighted by molar-refractivity contribution is 6.30. The standard InChI is InChI=1S/C19H21ClO4/c1-21-17-8-4-14(5-9-17)10-22-12-18(19-13-24-19)23-11-15-2-6-16(20)7-3-15/h2-9,18-19H,10-13H2,1H3/t18-,19+/m0/s1. The van der Waals surface area contributed by atoms with E-state index in [1.807, 2.05) is 48.5 Å². The second kappa shape index (κ2) is 8.49. The monoisotopic (exact) mass is 348 g/mol. The van der Waals surface area contributed by atoms with Crippen molar-refractivity contribution in [3.05, 3.63) is 64.7 Å². The van der Waals surface area contributed by atoms with Gasteiger partial charge in [0.15, 0.2) is 0 Å². The highest BCUT2D eigenvalue weighted by Crippen LogP contribution is 2.20. The summed E-state index contributed by atoms with van der Waals surface area (Å²) in [7, 11) is 1.66. The van der Waals surface area contributed by atoms with Crippen LogP contribution in [0.15, 0.2) is 48.5 Å². The van der Waals surface area contributed by atoms with Gasteiger partial charge in [0.05, 0.1) is 33.5 Å². The number of epoxide rings is 1. The first-order valence-corrected chi connectivity index (χ1v) is 8.31. The number of benzene rings is 2. The SMILES string of the molecule is COc1ccc(COC[C@H](OCc2ccc(Cl)cc2)[C@H]2CO2)cc1. The molecular formula is C19H21ClO4. The topological polar surface area (TPSA) is 40.2 Å². The van der Waals surface area contributed by atoms with E-state index in [0.29, 0.717) is 19.8 Å². The Labute approximate surface area is 147 Å². The van der Waals surface area contributed by atoms with Gasteiger partial charge in [-0.25, -0.2) is 0 Å². The summed E-state index contributed by atoms with van der Waals surface area (Å²) in [6.45, 7) is 2.30. The zero-order valence-electron chi connectivity index (χ0n) is 13.6. The molecule has 0 radical (unpaired) electrons. The lowest BCUT2D eigenvalue weighted by Gasteiger charge is -2.16. The van der Waals surface area contributed by atoms with Gasteiger partial charge in [-0.05, 0) is 35.4 Å². The molecule has 2 aromatic carbocycles. The summed E-state index contributed by atoms with van der Waals surface area (Å²) in [5, 5.41) is 0.726. The molecule has 2 aromatic rings. The van der Waals surface area contributed by atoms with Gasteiger partial charge in [0, 0.05) is 5.02 Å². The summed E-state index contributed by atoms with van der Waals surface area (Å²) in [4.78, 5) is 0. The Hall–Kier alpha value is -1.59. The van der Waals surface area contributed by atoms with E-state index in [4.69, 9.17) is 30.5 Å². The van der Waals surface area contributed by atoms with Crippen molar-refractivity contribution >= 4 is 11.6 Å². The first kappa shape index (κ1) is 17.2. The molecule has 0 saturated carbocycles. The lowest BCUT2D eigenvalue weighted by molar-refractivity contribution is -0.0417. The van der Waals surface area contributed by atoms with Gasteiger partial charge in [-0.3, -0.25) is 0 Å². The fourth-order valence-corrected chi connectivity index (χ4v) is 2.46. The number of methoxy groups -OCH3 is 1. The van der Waals surface area contributed by atoms with Crippen LogP contribution >= 0.6 is 11.6 Å². The summed E-state index contributed by atoms with van der Waals surface area (Å²) in [5.41, 5.74) is 2.18. The zero-order valence-corrected chi connectivity index (χ0v) is 14.4. The molecule has 5 heteroatoms. The molecule has 0 amide bonds. The number of hydrogen-bond donors (Lipinski definition) is 0. The van der Waals surface area contributed by atoms with Crippen LogP contribution in [0.5, 0.6) is 5.75 Å². The maximum Gasteiger partial charge on any atom is 0.118 e. The van der Waals surface area contributed by atoms with E-state index in [-0.39, 0.29) is 12.2 Å². The van der Waals surface area contributed by atoms with Crippen molar-refractivity contribution in [1.82, 2.24) is 0 Å². The summed E-state index contributed by atoms with van der Waals surface area (Å²) in [6.07, 6.45) is 0.0760. The van der Waals surface area contributed by atoms with Crippen molar-refractivity contribution in [2.75, 3.05) is 20.3 Å². The lowest BCUT2D eigenvalue weighted by Crippen LogP contribution is -2.25. The molecule has 1 aliphatic rings. The van der Waals surface area contributed by atoms with E-state index in [2.05, 4.69) is 0 Å². The predicted octanol–water partition coefficient (Wildman–Crippen LogP) is 3.85. The van der Waals surface area contributed by atoms with E-state index in [9.17, 15) is 0 Å². The highest BCUT2D eigenvalue weighted by atomic mass is 35.5. The minimum absolute atomic E-state index is 0.0565. The Morgan fingerprint density at radius 3 is 2.29 bits per heavy atom. The third-order valence-corrected chi connectivity index (χ3v) is 4.11. The summed E-state index contributed by atoms with van der Waals surface area (Å²) in [6, 6.07) is 15.5. The van der Waals surface area contributed by atoms with Crippen LogP contribution in [0.3, 0.4) is 0 Å². The van der Waals surface area contributed by atoms with Crippen LogP contribution in [0.25, 0.3) is 0 Å². The van der Waals surface area contributed by atoms with Crippen molar-refractivity contribution in [1.29, 1.82) is 0 Å². The van der Waals surface area contributed by atoms with E-state index in [0.717, 1.165) is 28.5 Å². The maximum absolute atomic E-state index is 5.95. The summed E-state index contributed by atoms with van der Waals surface area (Å²) >= 11 is 5.89. The van der Waals surface area contributed by atoms with Crippen LogP contribution in [-0.4, -0.2) is 32.5 Å². The Kier molecular flexibility index (Phi) is 6.10. The van der Waals surface area contributed by atoms with Gasteiger partial charge in [0.1, 0.15) is 18.0 Å². The van der Waals surface area contributed by atoms with E-state index in [1.54, 1.807) is 7.11 Å². The molecule has 3 rings (SSSR count). The first-order chi connectivity index (χ1) is 11.7. The summed E-state index contributed by atoms with van der Waals surface area (Å²) in [5.74, 6) is 0.842. The van der Waals surface area contributed by atoms with Crippen LogP contribution in [0.4, 0.5) is 0 Å². The van der Waals surface area contributed by atoms with Crippen LogP contribution in [-0.2, 0) is 27.4 Å².